The number of aliphatic hydroxyl groups excluding tert-OH is 1. The van der Waals surface area contributed by atoms with Crippen LogP contribution in [0, 0.1) is 5.92 Å². The van der Waals surface area contributed by atoms with E-state index in [4.69, 9.17) is 5.11 Å². The van der Waals surface area contributed by atoms with Crippen molar-refractivity contribution in [3.63, 3.8) is 0 Å². The average molecular weight is 384 g/mol. The summed E-state index contributed by atoms with van der Waals surface area (Å²) in [5.41, 5.74) is 1.07. The van der Waals surface area contributed by atoms with Gasteiger partial charge in [0.25, 0.3) is 0 Å². The Kier molecular flexibility index (Phi) is 10.3. The van der Waals surface area contributed by atoms with E-state index < -0.39 is 9.84 Å². The summed E-state index contributed by atoms with van der Waals surface area (Å²) in [7, 11) is -3.15. The third kappa shape index (κ3) is 8.67. The molecule has 1 aromatic rings. The van der Waals surface area contributed by atoms with E-state index in [2.05, 4.69) is 22.5 Å². The zero-order valence-electron chi connectivity index (χ0n) is 16.2. The zero-order chi connectivity index (χ0) is 19.4. The first kappa shape index (κ1) is 22.4. The molecule has 0 bridgehead atoms. The van der Waals surface area contributed by atoms with Crippen LogP contribution in [0.15, 0.2) is 34.2 Å². The lowest BCUT2D eigenvalue weighted by Gasteiger charge is -2.15. The van der Waals surface area contributed by atoms with E-state index in [0.29, 0.717) is 23.9 Å². The highest BCUT2D eigenvalue weighted by atomic mass is 32.2. The van der Waals surface area contributed by atoms with Crippen molar-refractivity contribution in [3.05, 3.63) is 29.8 Å². The van der Waals surface area contributed by atoms with Gasteiger partial charge in [0.05, 0.1) is 4.90 Å². The second-order valence-corrected chi connectivity index (χ2v) is 8.50. The third-order valence-corrected chi connectivity index (χ3v) is 5.27. The van der Waals surface area contributed by atoms with Gasteiger partial charge in [-0.2, -0.15) is 0 Å². The largest absolute Gasteiger partial charge is 0.396 e. The minimum Gasteiger partial charge on any atom is -0.396 e. The van der Waals surface area contributed by atoms with Crippen molar-refractivity contribution in [2.24, 2.45) is 10.9 Å². The molecule has 7 heteroatoms. The number of sulfone groups is 1. The van der Waals surface area contributed by atoms with Crippen molar-refractivity contribution < 1.29 is 13.5 Å². The molecule has 0 spiro atoms. The maximum Gasteiger partial charge on any atom is 0.191 e. The van der Waals surface area contributed by atoms with Gasteiger partial charge in [0.2, 0.25) is 0 Å². The van der Waals surface area contributed by atoms with Crippen LogP contribution in [0.4, 0.5) is 0 Å². The fourth-order valence-electron chi connectivity index (χ4n) is 2.71. The predicted octanol–water partition coefficient (Wildman–Crippen LogP) is 1.99. The van der Waals surface area contributed by atoms with Crippen molar-refractivity contribution >= 4 is 15.8 Å². The Morgan fingerprint density at radius 2 is 1.85 bits per heavy atom. The first-order valence-corrected chi connectivity index (χ1v) is 11.2. The second kappa shape index (κ2) is 11.9. The topological polar surface area (TPSA) is 90.8 Å². The molecule has 1 rings (SSSR count). The number of nitrogens with zero attached hydrogens (tertiary/aromatic N) is 1. The molecule has 0 aliphatic carbocycles. The molecule has 0 aliphatic heterocycles. The van der Waals surface area contributed by atoms with Gasteiger partial charge in [0.15, 0.2) is 15.8 Å². The van der Waals surface area contributed by atoms with E-state index in [1.807, 2.05) is 19.1 Å². The Morgan fingerprint density at radius 1 is 1.15 bits per heavy atom. The monoisotopic (exact) mass is 383 g/mol. The molecular weight excluding hydrogens is 350 g/mol. The summed E-state index contributed by atoms with van der Waals surface area (Å²) in [6.07, 6.45) is 4.93. The molecule has 0 amide bonds. The fraction of sp³-hybridized carbons (Fsp3) is 0.632. The van der Waals surface area contributed by atoms with Gasteiger partial charge in [-0.25, -0.2) is 8.42 Å². The van der Waals surface area contributed by atoms with Crippen molar-refractivity contribution in [3.8, 4) is 0 Å². The molecule has 0 saturated heterocycles. The van der Waals surface area contributed by atoms with Crippen LogP contribution < -0.4 is 10.6 Å². The summed E-state index contributed by atoms with van der Waals surface area (Å²) in [5.74, 6) is 1.18. The quantitative estimate of drug-likeness (QED) is 0.402. The number of aliphatic imine (C=N–C) groups is 1. The van der Waals surface area contributed by atoms with Gasteiger partial charge in [-0.15, -0.1) is 0 Å². The lowest BCUT2D eigenvalue weighted by Crippen LogP contribution is -2.38. The highest BCUT2D eigenvalue weighted by Gasteiger charge is 2.08. The van der Waals surface area contributed by atoms with Crippen LogP contribution in [0.3, 0.4) is 0 Å². The normalized spacial score (nSPS) is 13.5. The van der Waals surface area contributed by atoms with Crippen LogP contribution in [0.1, 0.15) is 38.7 Å². The summed E-state index contributed by atoms with van der Waals surface area (Å²) in [6, 6.07) is 6.99. The van der Waals surface area contributed by atoms with E-state index in [9.17, 15) is 8.42 Å². The Labute approximate surface area is 158 Å². The molecule has 1 aromatic carbocycles. The highest BCUT2D eigenvalue weighted by molar-refractivity contribution is 7.90. The number of hydrogen-bond acceptors (Lipinski definition) is 4. The van der Waals surface area contributed by atoms with Crippen molar-refractivity contribution in [2.45, 2.75) is 44.4 Å². The van der Waals surface area contributed by atoms with Gasteiger partial charge in [-0.05, 0) is 49.8 Å². The number of benzene rings is 1. The van der Waals surface area contributed by atoms with E-state index in [0.717, 1.165) is 43.8 Å². The summed E-state index contributed by atoms with van der Waals surface area (Å²) in [4.78, 5) is 4.98. The van der Waals surface area contributed by atoms with Crippen LogP contribution in [-0.4, -0.2) is 52.0 Å². The summed E-state index contributed by atoms with van der Waals surface area (Å²) < 4.78 is 23.0. The molecular formula is C19H33N3O3S. The van der Waals surface area contributed by atoms with Gasteiger partial charge in [0.1, 0.15) is 0 Å². The third-order valence-electron chi connectivity index (χ3n) is 4.14. The number of guanidine groups is 1. The average Bonchev–Trinajstić information content (AvgIpc) is 2.59. The van der Waals surface area contributed by atoms with Gasteiger partial charge in [0, 0.05) is 32.5 Å². The Hall–Kier alpha value is -1.60. The molecule has 0 aliphatic rings. The van der Waals surface area contributed by atoms with Gasteiger partial charge in [-0.3, -0.25) is 4.99 Å². The van der Waals surface area contributed by atoms with E-state index in [1.165, 1.54) is 6.26 Å². The van der Waals surface area contributed by atoms with Crippen molar-refractivity contribution in [2.75, 3.05) is 32.5 Å². The number of nitrogens with one attached hydrogen (secondary N) is 2. The van der Waals surface area contributed by atoms with E-state index in [-0.39, 0.29) is 6.61 Å². The fourth-order valence-corrected chi connectivity index (χ4v) is 3.34. The van der Waals surface area contributed by atoms with Gasteiger partial charge < -0.3 is 15.7 Å². The summed E-state index contributed by atoms with van der Waals surface area (Å²) in [6.45, 7) is 6.57. The van der Waals surface area contributed by atoms with E-state index in [1.54, 1.807) is 12.1 Å². The summed E-state index contributed by atoms with van der Waals surface area (Å²) in [5, 5.41) is 15.7. The minimum atomic E-state index is -3.15. The van der Waals surface area contributed by atoms with Crippen molar-refractivity contribution in [1.29, 1.82) is 0 Å². The molecule has 0 aromatic heterocycles. The standard InChI is InChI=1S/C19H33N3O3S/c1-4-6-17(12-14-23)15-22-19(20-5-2)21-13-11-16-7-9-18(10-8-16)26(3,24)25/h7-10,17,23H,4-6,11-15H2,1-3H3,(H2,20,21,22). The lowest BCUT2D eigenvalue weighted by atomic mass is 10.0. The number of aliphatic hydroxyl groups is 1. The molecule has 1 unspecified atom stereocenters. The molecule has 0 radical (unpaired) electrons. The van der Waals surface area contributed by atoms with Crippen LogP contribution >= 0.6 is 0 Å². The van der Waals surface area contributed by atoms with Crippen LogP contribution in [-0.2, 0) is 16.3 Å². The minimum absolute atomic E-state index is 0.202. The van der Waals surface area contributed by atoms with Crippen molar-refractivity contribution in [1.82, 2.24) is 10.6 Å². The lowest BCUT2D eigenvalue weighted by molar-refractivity contribution is 0.253. The molecule has 0 saturated carbocycles. The number of rotatable bonds is 11. The molecule has 3 N–H and O–H groups in total. The molecule has 1 atom stereocenters. The van der Waals surface area contributed by atoms with Crippen LogP contribution in [0.25, 0.3) is 0 Å². The SMILES string of the molecule is CCCC(CCO)CN=C(NCC)NCCc1ccc(S(C)(=O)=O)cc1. The molecule has 6 nitrogen and oxygen atoms in total. The van der Waals surface area contributed by atoms with Gasteiger partial charge in [-0.1, -0.05) is 25.5 Å². The second-order valence-electron chi connectivity index (χ2n) is 6.48. The predicted molar refractivity (Wildman–Crippen MR) is 107 cm³/mol. The summed E-state index contributed by atoms with van der Waals surface area (Å²) >= 11 is 0. The highest BCUT2D eigenvalue weighted by Crippen LogP contribution is 2.11. The maximum atomic E-state index is 11.5. The Balaban J connectivity index is 2.55. The molecule has 0 fully saturated rings. The molecule has 0 heterocycles. The Bertz CT molecular complexity index is 636. The molecule has 148 valence electrons. The smallest absolute Gasteiger partial charge is 0.191 e. The Morgan fingerprint density at radius 3 is 2.38 bits per heavy atom. The number of hydrogen-bond donors (Lipinski definition) is 3. The maximum absolute atomic E-state index is 11.5. The first-order valence-electron chi connectivity index (χ1n) is 9.32. The van der Waals surface area contributed by atoms with E-state index >= 15 is 0 Å². The van der Waals surface area contributed by atoms with Crippen LogP contribution in [0.5, 0.6) is 0 Å². The zero-order valence-corrected chi connectivity index (χ0v) is 17.0. The molecule has 26 heavy (non-hydrogen) atoms. The van der Waals surface area contributed by atoms with Crippen LogP contribution in [0.2, 0.25) is 0 Å². The van der Waals surface area contributed by atoms with Gasteiger partial charge >= 0.3 is 0 Å². The first-order chi connectivity index (χ1) is 12.4.